The number of carbonyl (C=O) groups excluding carboxylic acids is 7. The lowest BCUT2D eigenvalue weighted by Crippen LogP contribution is -2.70. The van der Waals surface area contributed by atoms with E-state index in [-0.39, 0.29) is 67.8 Å². The lowest BCUT2D eigenvalue weighted by atomic mass is 9.78. The molecule has 0 aromatic rings. The number of fused-ring (bicyclic) bond motifs is 3. The van der Waals surface area contributed by atoms with E-state index in [2.05, 4.69) is 30.0 Å². The van der Waals surface area contributed by atoms with Gasteiger partial charge in [-0.3, -0.25) is 49.2 Å². The summed E-state index contributed by atoms with van der Waals surface area (Å²) < 4.78 is 12.2. The number of hydrogen-bond acceptors (Lipinski definition) is 17. The molecule has 386 valence electrons. The minimum absolute atomic E-state index is 0.0101. The highest BCUT2D eigenvalue weighted by atomic mass is 16.7. The fourth-order valence-electron chi connectivity index (χ4n) is 10.1. The molecule has 5 aliphatic heterocycles. The van der Waals surface area contributed by atoms with Crippen LogP contribution in [0.4, 0.5) is 0 Å². The summed E-state index contributed by atoms with van der Waals surface area (Å²) in [6.45, 7) is 15.0. The van der Waals surface area contributed by atoms with E-state index < -0.39 is 125 Å². The molecule has 0 unspecified atom stereocenters. The zero-order chi connectivity index (χ0) is 51.0. The SMILES string of the molecule is CC[C@H](C)C[C@H]1CC[C@](O)([C@](C)(O)C(=O)N[C@@H]2C(=O)N3NCCC[C@@H]3C(=O)N(O)[C@@H](C)C(=O)N3NC[C@H](O)C[C@@H]3C(=O)N3CC[C@@](C)(O)[C@H]3[13C](=O)N(O)[C@@H](C(C)C)C(=O)O[C@H]2C(C)C)O[C@@H]1CC. The highest BCUT2D eigenvalue weighted by molar-refractivity contribution is 5.98. The second-order valence-electron chi connectivity index (χ2n) is 20.6. The predicted molar refractivity (Wildman–Crippen MR) is 237 cm³/mol. The van der Waals surface area contributed by atoms with Gasteiger partial charge in [0.2, 0.25) is 11.7 Å². The third-order valence-electron chi connectivity index (χ3n) is 14.7. The van der Waals surface area contributed by atoms with Gasteiger partial charge in [-0.15, -0.1) is 0 Å². The number of rotatable bonds is 9. The summed E-state index contributed by atoms with van der Waals surface area (Å²) in [5.74, 6) is -12.1. The van der Waals surface area contributed by atoms with E-state index in [9.17, 15) is 59.6 Å². The van der Waals surface area contributed by atoms with Gasteiger partial charge < -0.3 is 40.1 Å². The topological polar surface area (TPSA) is 312 Å². The van der Waals surface area contributed by atoms with Crippen LogP contribution in [0.25, 0.3) is 0 Å². The van der Waals surface area contributed by atoms with Crippen molar-refractivity contribution < 1.29 is 73.9 Å². The van der Waals surface area contributed by atoms with Crippen LogP contribution in [0.15, 0.2) is 0 Å². The third kappa shape index (κ3) is 10.8. The second kappa shape index (κ2) is 21.5. The Hall–Kier alpha value is -4.07. The van der Waals surface area contributed by atoms with Gasteiger partial charge in [-0.05, 0) is 83.0 Å². The Bertz CT molecular complexity index is 1890. The van der Waals surface area contributed by atoms with E-state index in [1.165, 1.54) is 34.6 Å². The summed E-state index contributed by atoms with van der Waals surface area (Å²) in [6, 6.07) is -10.6. The van der Waals surface area contributed by atoms with Gasteiger partial charge in [0.15, 0.2) is 11.6 Å². The van der Waals surface area contributed by atoms with Gasteiger partial charge in [0.25, 0.3) is 29.5 Å². The summed E-state index contributed by atoms with van der Waals surface area (Å²) >= 11 is 0. The lowest BCUT2D eigenvalue weighted by Gasteiger charge is -2.48. The first-order chi connectivity index (χ1) is 31.6. The highest BCUT2D eigenvalue weighted by Crippen LogP contribution is 2.42. The number of β-amino-alcohol motifs (C(OH)–C–C–N with tert-alkyl or cyclic N) is 1. The number of esters is 1. The molecule has 5 saturated heterocycles. The molecular weight excluding hydrogens is 894 g/mol. The molecule has 5 fully saturated rings. The molecule has 0 aliphatic carbocycles. The van der Waals surface area contributed by atoms with Gasteiger partial charge >= 0.3 is 5.97 Å². The van der Waals surface area contributed by atoms with Crippen molar-refractivity contribution in [2.45, 2.75) is 199 Å². The van der Waals surface area contributed by atoms with E-state index in [0.29, 0.717) is 18.8 Å². The molecule has 0 bridgehead atoms. The molecule has 5 rings (SSSR count). The molecule has 14 atom stereocenters. The van der Waals surface area contributed by atoms with Crippen molar-refractivity contribution in [1.82, 2.24) is 41.2 Å². The van der Waals surface area contributed by atoms with E-state index >= 15 is 4.79 Å². The molecule has 68 heavy (non-hydrogen) atoms. The van der Waals surface area contributed by atoms with Crippen LogP contribution in [0.2, 0.25) is 0 Å². The molecule has 23 heteroatoms. The predicted octanol–water partition coefficient (Wildman–Crippen LogP) is -0.704. The number of nitrogens with zero attached hydrogens (tertiary/aromatic N) is 5. The van der Waals surface area contributed by atoms with E-state index in [0.717, 1.165) is 41.6 Å². The van der Waals surface area contributed by atoms with Crippen LogP contribution in [0.3, 0.4) is 0 Å². The fourth-order valence-corrected chi connectivity index (χ4v) is 10.1. The number of amides is 6. The molecule has 0 aromatic carbocycles. The van der Waals surface area contributed by atoms with Crippen molar-refractivity contribution >= 4 is 41.4 Å². The Morgan fingerprint density at radius 2 is 1.53 bits per heavy atom. The summed E-state index contributed by atoms with van der Waals surface area (Å²) in [5, 5.41) is 73.8. The summed E-state index contributed by atoms with van der Waals surface area (Å²) in [6.07, 6.45) is -1.48. The number of nitrogens with one attached hydrogen (secondary N) is 3. The summed E-state index contributed by atoms with van der Waals surface area (Å²) in [5.41, 5.74) is 0.710. The van der Waals surface area contributed by atoms with Gasteiger partial charge in [-0.1, -0.05) is 54.9 Å². The Kier molecular flexibility index (Phi) is 17.4. The Morgan fingerprint density at radius 1 is 0.882 bits per heavy atom. The Morgan fingerprint density at radius 3 is 2.13 bits per heavy atom. The van der Waals surface area contributed by atoms with E-state index in [4.69, 9.17) is 9.47 Å². The van der Waals surface area contributed by atoms with Crippen LogP contribution in [-0.4, -0.2) is 188 Å². The molecule has 5 aliphatic rings. The normalized spacial score (nSPS) is 36.6. The third-order valence-corrected chi connectivity index (χ3v) is 14.7. The minimum atomic E-state index is -2.76. The number of aliphatic hydroxyl groups excluding tert-OH is 1. The average Bonchev–Trinajstić information content (AvgIpc) is 3.62. The van der Waals surface area contributed by atoms with Crippen molar-refractivity contribution in [3.05, 3.63) is 0 Å². The number of hydrazine groups is 2. The maximum Gasteiger partial charge on any atom is 0.332 e. The summed E-state index contributed by atoms with van der Waals surface area (Å²) in [4.78, 5) is 103. The molecule has 0 saturated carbocycles. The van der Waals surface area contributed by atoms with E-state index in [1.807, 2.05) is 6.92 Å². The number of hydroxylamine groups is 4. The standard InChI is InChI=1S/C45H76N8O15/c1-11-25(7)20-27-15-16-45(64,68-31(27)12-2)44(10,63)42(61)48-32-34(24(5)6)67-41(60)33(23(3)4)53(66)40(59)35-43(9,62)17-19-49(35)37(56)30-21-28(54)22-47-51(30)36(55)26(8)52(65)38(57)29-14-13-18-46-50(29)39(32)58/h23-35,46-47,54,62-66H,11-22H2,1-10H3,(H,48,61)/t25-,26-,27+,28+,29+,30+,31+,32-,33-,34-,35+,43+,44+,45+/m0/s1/i40+1. The molecule has 0 radical (unpaired) electrons. The second-order valence-corrected chi connectivity index (χ2v) is 20.6. The average molecular weight is 970 g/mol. The van der Waals surface area contributed by atoms with Crippen LogP contribution in [0.1, 0.15) is 127 Å². The van der Waals surface area contributed by atoms with Gasteiger partial charge in [0.05, 0.1) is 17.8 Å². The number of cyclic esters (lactones) is 1. The fraction of sp³-hybridized carbons (Fsp3) is 0.844. The molecule has 9 N–H and O–H groups in total. The smallest absolute Gasteiger partial charge is 0.332 e. The number of carbonyl (C=O) groups is 7. The molecule has 5 heterocycles. The van der Waals surface area contributed by atoms with Crippen molar-refractivity contribution in [3.63, 3.8) is 0 Å². The van der Waals surface area contributed by atoms with Crippen LogP contribution < -0.4 is 16.2 Å². The maximum absolute atomic E-state index is 15.1. The van der Waals surface area contributed by atoms with Gasteiger partial charge in [-0.25, -0.2) is 25.8 Å². The zero-order valence-electron chi connectivity index (χ0n) is 41.1. The van der Waals surface area contributed by atoms with Crippen LogP contribution in [0.5, 0.6) is 0 Å². The Balaban J connectivity index is 1.62. The quantitative estimate of drug-likeness (QED) is 0.0784. The zero-order valence-corrected chi connectivity index (χ0v) is 41.1. The molecule has 0 spiro atoms. The van der Waals surface area contributed by atoms with Crippen molar-refractivity contribution in [1.29, 1.82) is 0 Å². The van der Waals surface area contributed by atoms with Crippen molar-refractivity contribution in [3.8, 4) is 0 Å². The lowest BCUT2D eigenvalue weighted by molar-refractivity contribution is -0.329. The molecule has 6 amide bonds. The monoisotopic (exact) mass is 970 g/mol. The van der Waals surface area contributed by atoms with Crippen LogP contribution in [-0.2, 0) is 43.0 Å². The highest BCUT2D eigenvalue weighted by Gasteiger charge is 2.59. The molecule has 23 nitrogen and oxygen atoms in total. The van der Waals surface area contributed by atoms with Crippen molar-refractivity contribution in [2.75, 3.05) is 19.6 Å². The number of ether oxygens (including phenoxy) is 2. The Labute approximate surface area is 397 Å². The van der Waals surface area contributed by atoms with Gasteiger partial charge in [0, 0.05) is 32.5 Å². The summed E-state index contributed by atoms with van der Waals surface area (Å²) in [7, 11) is 0. The van der Waals surface area contributed by atoms with Crippen LogP contribution >= 0.6 is 0 Å². The first-order valence-corrected chi connectivity index (χ1v) is 24.2. The van der Waals surface area contributed by atoms with Crippen molar-refractivity contribution in [2.24, 2.45) is 23.7 Å². The minimum Gasteiger partial charge on any atom is -0.458 e. The molecular formula is C45H76N8O15. The first kappa shape index (κ1) is 54.9. The molecule has 0 aromatic heterocycles. The number of hydrogen-bond donors (Lipinski definition) is 9. The maximum atomic E-state index is 15.1. The van der Waals surface area contributed by atoms with Gasteiger partial charge in [-0.2, -0.15) is 0 Å². The first-order valence-electron chi connectivity index (χ1n) is 24.2. The van der Waals surface area contributed by atoms with Gasteiger partial charge in [0.1, 0.15) is 36.3 Å². The largest absolute Gasteiger partial charge is 0.458 e. The van der Waals surface area contributed by atoms with Crippen LogP contribution in [0, 0.1) is 23.7 Å². The van der Waals surface area contributed by atoms with E-state index in [1.54, 1.807) is 0 Å². The number of aliphatic hydroxyl groups is 4.